The third-order valence-corrected chi connectivity index (χ3v) is 7.80. The lowest BCUT2D eigenvalue weighted by Crippen LogP contribution is -2.26. The first-order valence-corrected chi connectivity index (χ1v) is 12.7. The molecule has 2 heterocycles. The summed E-state index contributed by atoms with van der Waals surface area (Å²) in [4.78, 5) is 16.6. The van der Waals surface area contributed by atoms with Crippen molar-refractivity contribution in [3.05, 3.63) is 79.1 Å². The maximum Gasteiger partial charge on any atom is 0.264 e. The number of aromatic nitrogens is 4. The summed E-state index contributed by atoms with van der Waals surface area (Å²) in [7, 11) is -0.463. The molecule has 0 atom stereocenters. The summed E-state index contributed by atoms with van der Waals surface area (Å²) in [5.74, 6) is 0.471. The average molecular weight is 495 g/mol. The molecule has 1 N–H and O–H groups in total. The van der Waals surface area contributed by atoms with Crippen molar-refractivity contribution in [1.29, 1.82) is 0 Å². The van der Waals surface area contributed by atoms with Gasteiger partial charge in [0.05, 0.1) is 16.3 Å². The second kappa shape index (κ2) is 10.1. The molecule has 1 amide bonds. The van der Waals surface area contributed by atoms with Crippen molar-refractivity contribution in [2.45, 2.75) is 10.1 Å². The lowest BCUT2D eigenvalue weighted by atomic mass is 10.2. The zero-order valence-corrected chi connectivity index (χ0v) is 20.1. The first kappa shape index (κ1) is 23.5. The predicted molar refractivity (Wildman–Crippen MR) is 132 cm³/mol. The number of hydrogen-bond donors (Lipinski definition) is 1. The number of nitrogens with one attached hydrogen (secondary N) is 1. The van der Waals surface area contributed by atoms with Crippen LogP contribution in [0.5, 0.6) is 0 Å². The van der Waals surface area contributed by atoms with E-state index in [0.29, 0.717) is 22.4 Å². The molecular weight excluding hydrogens is 472 g/mol. The third kappa shape index (κ3) is 5.10. The average Bonchev–Trinajstić information content (AvgIpc) is 3.23. The molecule has 0 unspecified atom stereocenters. The fourth-order valence-corrected chi connectivity index (χ4v) is 5.14. The Morgan fingerprint density at radius 2 is 1.76 bits per heavy atom. The van der Waals surface area contributed by atoms with E-state index in [-0.39, 0.29) is 16.6 Å². The van der Waals surface area contributed by atoms with Crippen LogP contribution in [-0.4, -0.2) is 46.9 Å². The monoisotopic (exact) mass is 494 g/mol. The zero-order valence-electron chi connectivity index (χ0n) is 18.5. The van der Waals surface area contributed by atoms with Crippen molar-refractivity contribution < 1.29 is 13.2 Å². The quantitative estimate of drug-likeness (QED) is 0.374. The molecule has 0 fully saturated rings. The van der Waals surface area contributed by atoms with Crippen molar-refractivity contribution in [3.8, 4) is 11.4 Å². The maximum atomic E-state index is 13.0. The second-order valence-corrected chi connectivity index (χ2v) is 10.2. The summed E-state index contributed by atoms with van der Waals surface area (Å²) in [6.45, 7) is 0. The number of carbonyl (C=O) groups excluding carboxylic acids is 1. The number of benzene rings is 2. The number of hydrogen-bond acceptors (Lipinski definition) is 7. The van der Waals surface area contributed by atoms with Crippen LogP contribution >= 0.6 is 11.8 Å². The van der Waals surface area contributed by atoms with Crippen LogP contribution in [0.2, 0.25) is 0 Å². The Hall–Kier alpha value is -3.70. The molecule has 0 bridgehead atoms. The summed E-state index contributed by atoms with van der Waals surface area (Å²) in [5.41, 5.74) is 1.81. The molecule has 2 aromatic carbocycles. The molecule has 2 aromatic heterocycles. The van der Waals surface area contributed by atoms with Crippen LogP contribution < -0.4 is 9.62 Å². The molecule has 0 radical (unpaired) electrons. The topological polar surface area (TPSA) is 110 Å². The molecule has 0 spiro atoms. The van der Waals surface area contributed by atoms with Gasteiger partial charge in [-0.15, -0.1) is 10.2 Å². The lowest BCUT2D eigenvalue weighted by Gasteiger charge is -2.19. The zero-order chi connectivity index (χ0) is 24.1. The fraction of sp³-hybridized carbons (Fsp3) is 0.130. The van der Waals surface area contributed by atoms with E-state index >= 15 is 0 Å². The van der Waals surface area contributed by atoms with Crippen molar-refractivity contribution in [3.63, 3.8) is 0 Å². The molecule has 174 valence electrons. The second-order valence-electron chi connectivity index (χ2n) is 7.27. The first-order valence-electron chi connectivity index (χ1n) is 10.2. The number of sulfonamides is 1. The van der Waals surface area contributed by atoms with Crippen LogP contribution in [0.4, 0.5) is 11.4 Å². The van der Waals surface area contributed by atoms with E-state index in [1.807, 2.05) is 25.2 Å². The summed E-state index contributed by atoms with van der Waals surface area (Å²) in [6, 6.07) is 18.6. The van der Waals surface area contributed by atoms with Crippen LogP contribution in [0.15, 0.2) is 89.2 Å². The van der Waals surface area contributed by atoms with Gasteiger partial charge in [-0.3, -0.25) is 14.1 Å². The Balaban J connectivity index is 1.42. The lowest BCUT2D eigenvalue weighted by molar-refractivity contribution is -0.113. The molecule has 4 aromatic rings. The SMILES string of the molecule is CN(c1ccccc1)S(=O)(=O)c1cccc(NC(=O)CSc2nnc(-c3ccncc3)n2C)c1. The van der Waals surface area contributed by atoms with Crippen LogP contribution in [-0.2, 0) is 21.9 Å². The minimum Gasteiger partial charge on any atom is -0.325 e. The summed E-state index contributed by atoms with van der Waals surface area (Å²) < 4.78 is 29.1. The first-order chi connectivity index (χ1) is 16.4. The van der Waals surface area contributed by atoms with E-state index in [1.165, 1.54) is 35.2 Å². The van der Waals surface area contributed by atoms with Crippen LogP contribution in [0.25, 0.3) is 11.4 Å². The van der Waals surface area contributed by atoms with Gasteiger partial charge in [-0.25, -0.2) is 8.42 Å². The number of anilines is 2. The summed E-state index contributed by atoms with van der Waals surface area (Å²) in [5, 5.41) is 11.7. The molecule has 9 nitrogen and oxygen atoms in total. The van der Waals surface area contributed by atoms with E-state index in [1.54, 1.807) is 53.4 Å². The Labute approximate surface area is 201 Å². The van der Waals surface area contributed by atoms with E-state index in [2.05, 4.69) is 20.5 Å². The molecule has 0 aliphatic carbocycles. The van der Waals surface area contributed by atoms with Gasteiger partial charge in [-0.1, -0.05) is 36.0 Å². The smallest absolute Gasteiger partial charge is 0.264 e. The minimum absolute atomic E-state index is 0.0830. The van der Waals surface area contributed by atoms with Gasteiger partial charge in [-0.05, 0) is 42.5 Å². The maximum absolute atomic E-state index is 13.0. The van der Waals surface area contributed by atoms with E-state index in [9.17, 15) is 13.2 Å². The van der Waals surface area contributed by atoms with E-state index in [4.69, 9.17) is 0 Å². The van der Waals surface area contributed by atoms with Gasteiger partial charge < -0.3 is 9.88 Å². The summed E-state index contributed by atoms with van der Waals surface area (Å²) >= 11 is 1.24. The molecule has 0 aliphatic rings. The number of pyridine rings is 1. The predicted octanol–water partition coefficient (Wildman–Crippen LogP) is 3.43. The fourth-order valence-electron chi connectivity index (χ4n) is 3.19. The molecule has 0 saturated carbocycles. The summed E-state index contributed by atoms with van der Waals surface area (Å²) in [6.07, 6.45) is 3.35. The van der Waals surface area contributed by atoms with Gasteiger partial charge in [-0.2, -0.15) is 0 Å². The van der Waals surface area contributed by atoms with Gasteiger partial charge in [0.2, 0.25) is 5.91 Å². The van der Waals surface area contributed by atoms with Crippen molar-refractivity contribution >= 4 is 39.1 Å². The third-order valence-electron chi connectivity index (χ3n) is 5.00. The Kier molecular flexibility index (Phi) is 6.94. The van der Waals surface area contributed by atoms with Gasteiger partial charge in [0, 0.05) is 37.7 Å². The molecule has 34 heavy (non-hydrogen) atoms. The van der Waals surface area contributed by atoms with Gasteiger partial charge in [0.15, 0.2) is 11.0 Å². The molecule has 0 aliphatic heterocycles. The molecule has 0 saturated heterocycles. The normalized spacial score (nSPS) is 11.2. The van der Waals surface area contributed by atoms with Gasteiger partial charge >= 0.3 is 0 Å². The Bertz CT molecular complexity index is 1390. The number of nitrogens with zero attached hydrogens (tertiary/aromatic N) is 5. The highest BCUT2D eigenvalue weighted by Crippen LogP contribution is 2.25. The molecule has 11 heteroatoms. The van der Waals surface area contributed by atoms with Crippen molar-refractivity contribution in [1.82, 2.24) is 19.7 Å². The number of carbonyl (C=O) groups is 1. The molecule has 4 rings (SSSR count). The highest BCUT2D eigenvalue weighted by Gasteiger charge is 2.22. The molecular formula is C23H22N6O3S2. The van der Waals surface area contributed by atoms with Crippen molar-refractivity contribution in [2.24, 2.45) is 7.05 Å². The van der Waals surface area contributed by atoms with Crippen LogP contribution in [0.1, 0.15) is 0 Å². The van der Waals surface area contributed by atoms with Gasteiger partial charge in [0.25, 0.3) is 10.0 Å². The number of thioether (sulfide) groups is 1. The standard InChI is InChI=1S/C23H22N6O3S2/c1-28-22(17-11-13-24-14-12-17)26-27-23(28)33-16-21(30)25-18-7-6-10-20(15-18)34(31,32)29(2)19-8-4-3-5-9-19/h3-15H,16H2,1-2H3,(H,25,30). The highest BCUT2D eigenvalue weighted by atomic mass is 32.2. The van der Waals surface area contributed by atoms with E-state index < -0.39 is 10.0 Å². The van der Waals surface area contributed by atoms with Gasteiger partial charge in [0.1, 0.15) is 0 Å². The van der Waals surface area contributed by atoms with Crippen molar-refractivity contribution in [2.75, 3.05) is 22.4 Å². The Morgan fingerprint density at radius 3 is 2.50 bits per heavy atom. The largest absolute Gasteiger partial charge is 0.325 e. The highest BCUT2D eigenvalue weighted by molar-refractivity contribution is 7.99. The number of rotatable bonds is 8. The van der Waals surface area contributed by atoms with Crippen LogP contribution in [0, 0.1) is 0 Å². The van der Waals surface area contributed by atoms with E-state index in [0.717, 1.165) is 5.56 Å². The minimum atomic E-state index is -3.78. The number of para-hydroxylation sites is 1. The number of amides is 1. The Morgan fingerprint density at radius 1 is 1.03 bits per heavy atom. The van der Waals surface area contributed by atoms with Crippen LogP contribution in [0.3, 0.4) is 0 Å².